The summed E-state index contributed by atoms with van der Waals surface area (Å²) in [6.07, 6.45) is 2.13. The first-order chi connectivity index (χ1) is 17.5. The molecule has 0 aliphatic carbocycles. The van der Waals surface area contributed by atoms with Crippen molar-refractivity contribution in [1.29, 1.82) is 5.41 Å². The summed E-state index contributed by atoms with van der Waals surface area (Å²) in [6, 6.07) is 6.67. The molecule has 0 bridgehead atoms. The first-order valence-corrected chi connectivity index (χ1v) is 11.5. The Bertz CT molecular complexity index is 1300. The fraction of sp³-hybridized carbons (Fsp3) is 0.296. The van der Waals surface area contributed by atoms with Gasteiger partial charge in [0.1, 0.15) is 30.0 Å². The molecule has 0 radical (unpaired) electrons. The van der Waals surface area contributed by atoms with Gasteiger partial charge in [0.25, 0.3) is 5.91 Å². The highest BCUT2D eigenvalue weighted by Gasteiger charge is 2.30. The molecule has 1 aliphatic heterocycles. The van der Waals surface area contributed by atoms with Crippen molar-refractivity contribution in [3.8, 4) is 17.6 Å². The summed E-state index contributed by atoms with van der Waals surface area (Å²) in [5, 5.41) is 12.5. The maximum Gasteiger partial charge on any atom is 0.319 e. The average molecular weight is 546 g/mol. The van der Waals surface area contributed by atoms with Crippen molar-refractivity contribution in [2.75, 3.05) is 25.1 Å². The summed E-state index contributed by atoms with van der Waals surface area (Å²) < 4.78 is 32.8. The zero-order valence-corrected chi connectivity index (χ0v) is 22.0. The Morgan fingerprint density at radius 3 is 2.68 bits per heavy atom. The molecular formula is C27H30ClF2N5O3. The third-order valence-corrected chi connectivity index (χ3v) is 5.70. The molecule has 0 spiro atoms. The second-order valence-electron chi connectivity index (χ2n) is 9.18. The quantitative estimate of drug-likeness (QED) is 0.328. The molecule has 0 unspecified atom stereocenters. The lowest BCUT2D eigenvalue weighted by Crippen LogP contribution is -2.51. The summed E-state index contributed by atoms with van der Waals surface area (Å²) in [5.41, 5.74) is 7.01. The van der Waals surface area contributed by atoms with Crippen molar-refractivity contribution in [1.82, 2.24) is 10.6 Å². The Kier molecular flexibility index (Phi) is 10.4. The molecule has 8 nitrogen and oxygen atoms in total. The van der Waals surface area contributed by atoms with Gasteiger partial charge in [-0.25, -0.2) is 13.6 Å². The van der Waals surface area contributed by atoms with Gasteiger partial charge < -0.3 is 31.4 Å². The van der Waals surface area contributed by atoms with E-state index in [4.69, 9.17) is 15.9 Å². The predicted octanol–water partition coefficient (Wildman–Crippen LogP) is 3.52. The van der Waals surface area contributed by atoms with Crippen LogP contribution >= 0.6 is 12.4 Å². The van der Waals surface area contributed by atoms with Gasteiger partial charge in [-0.15, -0.1) is 12.4 Å². The normalized spacial score (nSPS) is 15.1. The number of benzene rings is 2. The SMILES string of the molecule is CN1C(=O)[C@@H](NC(=O)N/C=C(\C=N)Cc2ccc(F)cc2F)COc2ccc(C#CC(C)(C)CN)cc21.Cl. The summed E-state index contributed by atoms with van der Waals surface area (Å²) >= 11 is 0. The minimum Gasteiger partial charge on any atom is -0.489 e. The molecule has 0 fully saturated rings. The number of ether oxygens (including phenoxy) is 1. The van der Waals surface area contributed by atoms with Crippen molar-refractivity contribution in [2.24, 2.45) is 11.1 Å². The Hall–Kier alpha value is -3.94. The number of amides is 3. The van der Waals surface area contributed by atoms with Gasteiger partial charge >= 0.3 is 6.03 Å². The number of carbonyl (C=O) groups excluding carboxylic acids is 2. The van der Waals surface area contributed by atoms with E-state index in [2.05, 4.69) is 22.5 Å². The molecule has 0 saturated carbocycles. The fourth-order valence-electron chi connectivity index (χ4n) is 3.36. The van der Waals surface area contributed by atoms with Gasteiger partial charge in [0.2, 0.25) is 0 Å². The maximum absolute atomic E-state index is 13.9. The van der Waals surface area contributed by atoms with Crippen molar-refractivity contribution in [3.05, 3.63) is 70.9 Å². The zero-order valence-electron chi connectivity index (χ0n) is 21.2. The zero-order chi connectivity index (χ0) is 27.2. The third kappa shape index (κ3) is 7.78. The van der Waals surface area contributed by atoms with Crippen LogP contribution in [0.1, 0.15) is 25.0 Å². The van der Waals surface area contributed by atoms with E-state index in [0.29, 0.717) is 23.5 Å². The minimum atomic E-state index is -0.991. The number of hydrogen-bond acceptors (Lipinski definition) is 5. The number of nitrogens with two attached hydrogens (primary N) is 1. The van der Waals surface area contributed by atoms with Crippen LogP contribution in [-0.2, 0) is 11.2 Å². The van der Waals surface area contributed by atoms with Crippen LogP contribution in [0.15, 0.2) is 48.2 Å². The topological polar surface area (TPSA) is 121 Å². The van der Waals surface area contributed by atoms with Crippen LogP contribution in [0.2, 0.25) is 0 Å². The first kappa shape index (κ1) is 30.3. The van der Waals surface area contributed by atoms with Gasteiger partial charge in [0, 0.05) is 49.5 Å². The first-order valence-electron chi connectivity index (χ1n) is 11.5. The molecule has 38 heavy (non-hydrogen) atoms. The smallest absolute Gasteiger partial charge is 0.319 e. The molecular weight excluding hydrogens is 516 g/mol. The van der Waals surface area contributed by atoms with Crippen molar-refractivity contribution in [3.63, 3.8) is 0 Å². The van der Waals surface area contributed by atoms with E-state index >= 15 is 0 Å². The number of nitrogens with zero attached hydrogens (tertiary/aromatic N) is 1. The van der Waals surface area contributed by atoms with Crippen LogP contribution in [0.25, 0.3) is 0 Å². The molecule has 2 aromatic rings. The lowest BCUT2D eigenvalue weighted by molar-refractivity contribution is -0.120. The predicted molar refractivity (Wildman–Crippen MR) is 145 cm³/mol. The molecule has 2 aromatic carbocycles. The van der Waals surface area contributed by atoms with E-state index in [1.165, 1.54) is 17.2 Å². The summed E-state index contributed by atoms with van der Waals surface area (Å²) in [6.45, 7) is 4.17. The van der Waals surface area contributed by atoms with Crippen LogP contribution in [0.3, 0.4) is 0 Å². The Labute approximate surface area is 226 Å². The molecule has 1 atom stereocenters. The molecule has 5 N–H and O–H groups in total. The number of halogens is 3. The highest BCUT2D eigenvalue weighted by atomic mass is 35.5. The van der Waals surface area contributed by atoms with Crippen LogP contribution in [0.5, 0.6) is 5.75 Å². The number of allylic oxidation sites excluding steroid dienone is 1. The van der Waals surface area contributed by atoms with E-state index in [0.717, 1.165) is 18.3 Å². The number of nitrogens with one attached hydrogen (secondary N) is 3. The van der Waals surface area contributed by atoms with Gasteiger partial charge in [0.15, 0.2) is 0 Å². The van der Waals surface area contributed by atoms with E-state index in [-0.39, 0.29) is 42.0 Å². The van der Waals surface area contributed by atoms with Crippen LogP contribution in [0.4, 0.5) is 19.3 Å². The molecule has 202 valence electrons. The number of urea groups is 1. The third-order valence-electron chi connectivity index (χ3n) is 5.70. The highest BCUT2D eigenvalue weighted by Crippen LogP contribution is 2.31. The maximum atomic E-state index is 13.9. The number of anilines is 1. The monoisotopic (exact) mass is 545 g/mol. The Morgan fingerprint density at radius 2 is 2.03 bits per heavy atom. The Morgan fingerprint density at radius 1 is 1.29 bits per heavy atom. The van der Waals surface area contributed by atoms with Gasteiger partial charge in [0.05, 0.1) is 5.69 Å². The summed E-state index contributed by atoms with van der Waals surface area (Å²) in [4.78, 5) is 26.9. The van der Waals surface area contributed by atoms with E-state index in [9.17, 15) is 18.4 Å². The minimum absolute atomic E-state index is 0. The molecule has 0 saturated heterocycles. The van der Waals surface area contributed by atoms with Gasteiger partial charge in [-0.2, -0.15) is 0 Å². The molecule has 1 heterocycles. The average Bonchev–Trinajstić information content (AvgIpc) is 2.98. The molecule has 3 rings (SSSR count). The van der Waals surface area contributed by atoms with Crippen molar-refractivity contribution in [2.45, 2.75) is 26.3 Å². The van der Waals surface area contributed by atoms with Gasteiger partial charge in [-0.3, -0.25) is 4.79 Å². The second kappa shape index (κ2) is 13.0. The number of rotatable bonds is 6. The van der Waals surface area contributed by atoms with Crippen LogP contribution in [-0.4, -0.2) is 44.4 Å². The standard InChI is InChI=1S/C27H29F2N5O3.ClH/c1-27(2,16-31)9-8-17-4-7-24-23(11-17)34(3)25(35)22(15-37-24)33-26(36)32-14-18(13-30)10-19-5-6-20(28)12-21(19)29;/h4-7,11-14,22,30H,10,15-16,31H2,1-3H3,(H2,32,33,36);1H/b18-14-,30-13?;/t22-;/m0./s1. The molecule has 3 amide bonds. The van der Waals surface area contributed by atoms with Crippen molar-refractivity contribution >= 4 is 36.2 Å². The fourth-order valence-corrected chi connectivity index (χ4v) is 3.36. The van der Waals surface area contributed by atoms with Gasteiger partial charge in [-0.1, -0.05) is 17.9 Å². The van der Waals surface area contributed by atoms with E-state index in [1.807, 2.05) is 13.8 Å². The van der Waals surface area contributed by atoms with Crippen molar-refractivity contribution < 1.29 is 23.1 Å². The van der Waals surface area contributed by atoms with Gasteiger partial charge in [-0.05, 0) is 49.2 Å². The Balaban J connectivity index is 0.00000507. The van der Waals surface area contributed by atoms with Crippen LogP contribution in [0, 0.1) is 34.3 Å². The lowest BCUT2D eigenvalue weighted by atomic mass is 9.94. The van der Waals surface area contributed by atoms with E-state index in [1.54, 1.807) is 25.2 Å². The summed E-state index contributed by atoms with van der Waals surface area (Å²) in [5.74, 6) is 4.80. The van der Waals surface area contributed by atoms with E-state index < -0.39 is 29.6 Å². The number of likely N-dealkylation sites (N-methyl/N-ethyl adjacent to an activating group) is 1. The number of hydrogen-bond donors (Lipinski definition) is 4. The largest absolute Gasteiger partial charge is 0.489 e. The van der Waals surface area contributed by atoms with Crippen LogP contribution < -0.4 is 26.0 Å². The number of carbonyl (C=O) groups is 2. The lowest BCUT2D eigenvalue weighted by Gasteiger charge is -2.20. The number of fused-ring (bicyclic) bond motifs is 1. The molecule has 0 aromatic heterocycles. The molecule has 1 aliphatic rings. The molecule has 11 heteroatoms. The second-order valence-corrected chi connectivity index (χ2v) is 9.18. The summed E-state index contributed by atoms with van der Waals surface area (Å²) in [7, 11) is 1.58. The highest BCUT2D eigenvalue weighted by molar-refractivity contribution is 6.00.